The van der Waals surface area contributed by atoms with Crippen LogP contribution in [0, 0.1) is 0 Å². The summed E-state index contributed by atoms with van der Waals surface area (Å²) in [6, 6.07) is -0.912. The lowest BCUT2D eigenvalue weighted by molar-refractivity contribution is -0.359. The monoisotopic (exact) mass is 1340 g/mol. The summed E-state index contributed by atoms with van der Waals surface area (Å²) in [6.07, 6.45) is 65.9. The normalized spacial score (nSPS) is 22.4. The van der Waals surface area contributed by atoms with Crippen molar-refractivity contribution < 1.29 is 64.6 Å². The lowest BCUT2D eigenvalue weighted by Crippen LogP contribution is -2.65. The zero-order valence-electron chi connectivity index (χ0n) is 61.2. The van der Waals surface area contributed by atoms with Crippen LogP contribution in [-0.2, 0) is 23.7 Å². The number of aliphatic hydroxyl groups is 8. The minimum absolute atomic E-state index is 0.228. The average Bonchev–Trinajstić information content (AvgIpc) is 0.794. The van der Waals surface area contributed by atoms with E-state index in [0.29, 0.717) is 0 Å². The Labute approximate surface area is 577 Å². The summed E-state index contributed by atoms with van der Waals surface area (Å²) in [5, 5.41) is 87.7. The first-order valence-corrected chi connectivity index (χ1v) is 40.9. The van der Waals surface area contributed by atoms with Crippen LogP contribution in [0.5, 0.6) is 0 Å². The first-order chi connectivity index (χ1) is 46.1. The molecule has 2 fully saturated rings. The maximum atomic E-state index is 13.4. The summed E-state index contributed by atoms with van der Waals surface area (Å²) in [5.74, 6) is -0.228. The van der Waals surface area contributed by atoms with E-state index < -0.39 is 86.8 Å². The Morgan fingerprint density at radius 3 is 0.979 bits per heavy atom. The molecule has 558 valence electrons. The number of unbranched alkanes of at least 4 members (excludes halogenated alkanes) is 57. The second kappa shape index (κ2) is 65.1. The molecule has 0 saturated carbocycles. The summed E-state index contributed by atoms with van der Waals surface area (Å²) >= 11 is 0. The van der Waals surface area contributed by atoms with Crippen LogP contribution in [0.4, 0.5) is 0 Å². The molecule has 9 N–H and O–H groups in total. The van der Waals surface area contributed by atoms with Gasteiger partial charge in [0.15, 0.2) is 12.6 Å². The standard InChI is InChI=1S/C80H155NO13/c1-3-5-7-9-11-13-15-17-19-21-23-25-27-29-31-33-35-37-39-41-43-45-47-49-51-53-55-57-59-61-63-69(84)68(67-91-79-77(90)75(88)78(71(66-83)93-79)94-80-76(89)74(87)73(86)70(65-82)92-80)81-72(85)64-62-60-58-56-54-52-50-48-46-44-42-40-38-36-34-32-30-28-26-24-22-20-18-16-14-12-10-8-6-4-2/h61,63,68-71,73-80,82-84,86-90H,3-60,62,64-67H2,1-2H3,(H,81,85)/b63-61+. The van der Waals surface area contributed by atoms with Crippen molar-refractivity contribution in [3.8, 4) is 0 Å². The third-order valence-electron chi connectivity index (χ3n) is 20.5. The molecule has 1 amide bonds. The molecule has 0 aromatic heterocycles. The summed E-state index contributed by atoms with van der Waals surface area (Å²) in [6.45, 7) is 2.88. The number of allylic oxidation sites excluding steroid dienone is 1. The van der Waals surface area contributed by atoms with Crippen molar-refractivity contribution in [1.29, 1.82) is 0 Å². The van der Waals surface area contributed by atoms with E-state index in [9.17, 15) is 45.6 Å². The van der Waals surface area contributed by atoms with E-state index in [4.69, 9.17) is 18.9 Å². The maximum Gasteiger partial charge on any atom is 0.220 e. The van der Waals surface area contributed by atoms with E-state index in [2.05, 4.69) is 19.2 Å². The van der Waals surface area contributed by atoms with Gasteiger partial charge in [-0.3, -0.25) is 4.79 Å². The average molecular weight is 1340 g/mol. The highest BCUT2D eigenvalue weighted by molar-refractivity contribution is 5.76. The molecular formula is C80H155NO13. The zero-order chi connectivity index (χ0) is 68.0. The summed E-state index contributed by atoms with van der Waals surface area (Å²) in [5.41, 5.74) is 0. The molecule has 2 saturated heterocycles. The predicted octanol–water partition coefficient (Wildman–Crippen LogP) is 18.5. The van der Waals surface area contributed by atoms with Gasteiger partial charge in [-0.25, -0.2) is 0 Å². The summed E-state index contributed by atoms with van der Waals surface area (Å²) < 4.78 is 22.9. The first-order valence-electron chi connectivity index (χ1n) is 40.9. The highest BCUT2D eigenvalue weighted by Gasteiger charge is 2.51. The van der Waals surface area contributed by atoms with Gasteiger partial charge in [0.05, 0.1) is 32.0 Å². The largest absolute Gasteiger partial charge is 0.394 e. The highest BCUT2D eigenvalue weighted by Crippen LogP contribution is 2.30. The molecule has 0 radical (unpaired) electrons. The van der Waals surface area contributed by atoms with E-state index >= 15 is 0 Å². The van der Waals surface area contributed by atoms with E-state index in [0.717, 1.165) is 44.9 Å². The Kier molecular flexibility index (Phi) is 61.5. The van der Waals surface area contributed by atoms with Crippen molar-refractivity contribution in [2.75, 3.05) is 19.8 Å². The van der Waals surface area contributed by atoms with Gasteiger partial charge in [0.25, 0.3) is 0 Å². The molecule has 2 rings (SSSR count). The third-order valence-corrected chi connectivity index (χ3v) is 20.5. The Morgan fingerprint density at radius 1 is 0.372 bits per heavy atom. The molecule has 2 aliphatic rings. The molecule has 12 unspecified atom stereocenters. The van der Waals surface area contributed by atoms with Crippen LogP contribution in [0.1, 0.15) is 399 Å². The molecule has 0 bridgehead atoms. The Morgan fingerprint density at radius 2 is 0.660 bits per heavy atom. The fourth-order valence-electron chi connectivity index (χ4n) is 14.0. The lowest BCUT2D eigenvalue weighted by Gasteiger charge is -2.46. The molecule has 0 spiro atoms. The SMILES string of the molecule is CCCCCCCCCCCCCCCCCCCCCCCCCCCCCC/C=C/C(O)C(COC1OC(CO)C(OC2OC(CO)C(O)C(O)C2O)C(O)C1O)NC(=O)CCCCCCCCCCCCCCCCCCCCCCCCCCCCCCCC. The molecule has 14 heteroatoms. The fraction of sp³-hybridized carbons (Fsp3) is 0.963. The van der Waals surface area contributed by atoms with Gasteiger partial charge in [0, 0.05) is 6.42 Å². The van der Waals surface area contributed by atoms with Crippen molar-refractivity contribution in [3.63, 3.8) is 0 Å². The van der Waals surface area contributed by atoms with Crippen molar-refractivity contribution >= 4 is 5.91 Å². The minimum atomic E-state index is -1.79. The van der Waals surface area contributed by atoms with Crippen LogP contribution < -0.4 is 5.32 Å². The first kappa shape index (κ1) is 88.8. The fourth-order valence-corrected chi connectivity index (χ4v) is 14.0. The lowest BCUT2D eigenvalue weighted by atomic mass is 9.97. The Hall–Kier alpha value is -1.27. The highest BCUT2D eigenvalue weighted by atomic mass is 16.7. The number of hydrogen-bond acceptors (Lipinski definition) is 13. The molecule has 0 aromatic rings. The Balaban J connectivity index is 1.61. The third kappa shape index (κ3) is 47.7. The topological polar surface area (TPSA) is 228 Å². The number of hydrogen-bond donors (Lipinski definition) is 9. The van der Waals surface area contributed by atoms with Gasteiger partial charge < -0.3 is 65.1 Å². The van der Waals surface area contributed by atoms with Gasteiger partial charge in [0.1, 0.15) is 48.8 Å². The number of rotatable bonds is 70. The van der Waals surface area contributed by atoms with Crippen LogP contribution in [0.25, 0.3) is 0 Å². The second-order valence-electron chi connectivity index (χ2n) is 29.3. The number of carbonyl (C=O) groups excluding carboxylic acids is 1. The van der Waals surface area contributed by atoms with Gasteiger partial charge >= 0.3 is 0 Å². The molecule has 2 aliphatic heterocycles. The number of ether oxygens (including phenoxy) is 4. The number of carbonyl (C=O) groups is 1. The molecule has 94 heavy (non-hydrogen) atoms. The summed E-state index contributed by atoms with van der Waals surface area (Å²) in [7, 11) is 0. The van der Waals surface area contributed by atoms with Crippen LogP contribution in [0.2, 0.25) is 0 Å². The van der Waals surface area contributed by atoms with Gasteiger partial charge in [-0.2, -0.15) is 0 Å². The van der Waals surface area contributed by atoms with Crippen molar-refractivity contribution in [1.82, 2.24) is 5.32 Å². The smallest absolute Gasteiger partial charge is 0.220 e. The van der Waals surface area contributed by atoms with Crippen LogP contribution in [-0.4, -0.2) is 140 Å². The van der Waals surface area contributed by atoms with Crippen LogP contribution in [0.3, 0.4) is 0 Å². The van der Waals surface area contributed by atoms with Crippen molar-refractivity contribution in [2.24, 2.45) is 0 Å². The Bertz CT molecular complexity index is 1620. The van der Waals surface area contributed by atoms with E-state index in [1.165, 1.54) is 334 Å². The van der Waals surface area contributed by atoms with Gasteiger partial charge in [-0.1, -0.05) is 386 Å². The van der Waals surface area contributed by atoms with Crippen LogP contribution >= 0.6 is 0 Å². The maximum absolute atomic E-state index is 13.4. The molecule has 0 aliphatic carbocycles. The molecule has 12 atom stereocenters. The molecular weight excluding hydrogens is 1180 g/mol. The molecule has 14 nitrogen and oxygen atoms in total. The summed E-state index contributed by atoms with van der Waals surface area (Å²) in [4.78, 5) is 13.4. The van der Waals surface area contributed by atoms with Gasteiger partial charge in [0.2, 0.25) is 5.91 Å². The van der Waals surface area contributed by atoms with E-state index in [1.807, 2.05) is 6.08 Å². The van der Waals surface area contributed by atoms with Crippen LogP contribution in [0.15, 0.2) is 12.2 Å². The van der Waals surface area contributed by atoms with E-state index in [-0.39, 0.29) is 18.9 Å². The quantitative estimate of drug-likeness (QED) is 0.0204. The van der Waals surface area contributed by atoms with Gasteiger partial charge in [-0.15, -0.1) is 0 Å². The van der Waals surface area contributed by atoms with Crippen molar-refractivity contribution in [2.45, 2.75) is 473 Å². The minimum Gasteiger partial charge on any atom is -0.394 e. The molecule has 2 heterocycles. The van der Waals surface area contributed by atoms with Gasteiger partial charge in [-0.05, 0) is 19.3 Å². The predicted molar refractivity (Wildman–Crippen MR) is 388 cm³/mol. The zero-order valence-corrected chi connectivity index (χ0v) is 61.2. The second-order valence-corrected chi connectivity index (χ2v) is 29.3. The van der Waals surface area contributed by atoms with Crippen molar-refractivity contribution in [3.05, 3.63) is 12.2 Å². The number of nitrogens with one attached hydrogen (secondary N) is 1. The van der Waals surface area contributed by atoms with E-state index in [1.54, 1.807) is 6.08 Å². The number of aliphatic hydroxyl groups excluding tert-OH is 8. The molecule has 0 aromatic carbocycles. The number of amides is 1.